The summed E-state index contributed by atoms with van der Waals surface area (Å²) in [6.45, 7) is 2.81. The molecule has 2 N–H and O–H groups in total. The Hall–Kier alpha value is -0.520. The van der Waals surface area contributed by atoms with Crippen molar-refractivity contribution in [3.63, 3.8) is 0 Å². The Balaban J connectivity index is 2.16. The molecule has 1 aliphatic heterocycles. The van der Waals surface area contributed by atoms with E-state index >= 15 is 0 Å². The number of primary amides is 1. The zero-order valence-electron chi connectivity index (χ0n) is 10.1. The summed E-state index contributed by atoms with van der Waals surface area (Å²) in [6.07, 6.45) is 1.16. The van der Waals surface area contributed by atoms with Gasteiger partial charge in [-0.1, -0.05) is 28.1 Å². The standard InChI is InChI=1S/C13H16BrNO2S/c1-8-11(5-6-17-8)18-12(13(15)16)9-3-2-4-10(14)7-9/h2-4,7-8,11-12H,5-6H2,1H3,(H2,15,16)/t8-,11-,12+/m0/s1. The maximum absolute atomic E-state index is 11.7. The van der Waals surface area contributed by atoms with Crippen molar-refractivity contribution in [2.75, 3.05) is 6.61 Å². The lowest BCUT2D eigenvalue weighted by atomic mass is 10.1. The second kappa shape index (κ2) is 6.08. The number of amides is 1. The number of hydrogen-bond donors (Lipinski definition) is 1. The van der Waals surface area contributed by atoms with Crippen LogP contribution in [0.4, 0.5) is 0 Å². The molecule has 1 fully saturated rings. The second-order valence-corrected chi connectivity index (χ2v) is 6.64. The molecule has 1 aromatic carbocycles. The summed E-state index contributed by atoms with van der Waals surface area (Å²) in [5, 5.41) is 0.0260. The molecule has 18 heavy (non-hydrogen) atoms. The van der Waals surface area contributed by atoms with E-state index in [2.05, 4.69) is 15.9 Å². The smallest absolute Gasteiger partial charge is 0.235 e. The van der Waals surface area contributed by atoms with E-state index in [-0.39, 0.29) is 17.3 Å². The summed E-state index contributed by atoms with van der Waals surface area (Å²) in [7, 11) is 0. The maximum Gasteiger partial charge on any atom is 0.235 e. The van der Waals surface area contributed by atoms with Gasteiger partial charge in [0.2, 0.25) is 5.91 Å². The third-order valence-corrected chi connectivity index (χ3v) is 5.27. The van der Waals surface area contributed by atoms with Gasteiger partial charge in [0.25, 0.3) is 0 Å². The fraction of sp³-hybridized carbons (Fsp3) is 0.462. The van der Waals surface area contributed by atoms with Crippen LogP contribution in [-0.2, 0) is 9.53 Å². The zero-order valence-corrected chi connectivity index (χ0v) is 12.5. The normalized spacial score (nSPS) is 25.0. The minimum atomic E-state index is -0.309. The van der Waals surface area contributed by atoms with Crippen molar-refractivity contribution in [1.82, 2.24) is 0 Å². The fourth-order valence-corrected chi connectivity index (χ4v) is 3.78. The van der Waals surface area contributed by atoms with Gasteiger partial charge in [-0.25, -0.2) is 0 Å². The van der Waals surface area contributed by atoms with Crippen molar-refractivity contribution in [2.45, 2.75) is 29.9 Å². The molecule has 98 valence electrons. The van der Waals surface area contributed by atoms with Crippen molar-refractivity contribution in [3.8, 4) is 0 Å². The molecule has 1 aromatic rings. The Kier molecular flexibility index (Phi) is 4.70. The van der Waals surface area contributed by atoms with E-state index in [1.54, 1.807) is 11.8 Å². The first kappa shape index (κ1) is 13.9. The van der Waals surface area contributed by atoms with Gasteiger partial charge in [-0.3, -0.25) is 4.79 Å². The van der Waals surface area contributed by atoms with Crippen LogP contribution in [0.3, 0.4) is 0 Å². The molecule has 5 heteroatoms. The summed E-state index contributed by atoms with van der Waals surface area (Å²) >= 11 is 5.03. The zero-order chi connectivity index (χ0) is 13.1. The molecule has 2 rings (SSSR count). The third-order valence-electron chi connectivity index (χ3n) is 3.03. The number of carbonyl (C=O) groups is 1. The fourth-order valence-electron chi connectivity index (χ4n) is 2.05. The molecule has 0 bridgehead atoms. The van der Waals surface area contributed by atoms with E-state index in [0.29, 0.717) is 5.25 Å². The predicted octanol–water partition coefficient (Wildman–Crippen LogP) is 2.89. The highest BCUT2D eigenvalue weighted by Gasteiger charge is 2.30. The van der Waals surface area contributed by atoms with Crippen molar-refractivity contribution in [2.24, 2.45) is 5.73 Å². The number of rotatable bonds is 4. The summed E-state index contributed by atoms with van der Waals surface area (Å²) in [4.78, 5) is 11.7. The molecule has 0 spiro atoms. The molecule has 1 heterocycles. The molecule has 0 unspecified atom stereocenters. The number of halogens is 1. The van der Waals surface area contributed by atoms with Crippen molar-refractivity contribution >= 4 is 33.6 Å². The first-order chi connectivity index (χ1) is 8.58. The number of carbonyl (C=O) groups excluding carboxylic acids is 1. The summed E-state index contributed by atoms with van der Waals surface area (Å²) in [5.41, 5.74) is 6.47. The Morgan fingerprint density at radius 1 is 1.61 bits per heavy atom. The number of hydrogen-bond acceptors (Lipinski definition) is 3. The topological polar surface area (TPSA) is 52.3 Å². The number of ether oxygens (including phenoxy) is 1. The minimum Gasteiger partial charge on any atom is -0.377 e. The van der Waals surface area contributed by atoms with Gasteiger partial charge >= 0.3 is 0 Å². The van der Waals surface area contributed by atoms with Crippen LogP contribution in [0.5, 0.6) is 0 Å². The monoisotopic (exact) mass is 329 g/mol. The molecule has 1 saturated heterocycles. The van der Waals surface area contributed by atoms with Crippen molar-refractivity contribution in [3.05, 3.63) is 34.3 Å². The second-order valence-electron chi connectivity index (χ2n) is 4.38. The minimum absolute atomic E-state index is 0.184. The SMILES string of the molecule is C[C@@H]1OCC[C@@H]1S[C@@H](C(N)=O)c1cccc(Br)c1. The van der Waals surface area contributed by atoms with Gasteiger partial charge in [0.05, 0.1) is 6.10 Å². The van der Waals surface area contributed by atoms with Crippen LogP contribution in [-0.4, -0.2) is 23.9 Å². The van der Waals surface area contributed by atoms with Crippen LogP contribution >= 0.6 is 27.7 Å². The van der Waals surface area contributed by atoms with Gasteiger partial charge in [0.1, 0.15) is 5.25 Å². The molecule has 0 saturated carbocycles. The molecule has 3 atom stereocenters. The molecular formula is C13H16BrNO2S. The van der Waals surface area contributed by atoms with Crippen LogP contribution in [0.15, 0.2) is 28.7 Å². The van der Waals surface area contributed by atoms with Gasteiger partial charge in [-0.05, 0) is 31.0 Å². The van der Waals surface area contributed by atoms with Gasteiger partial charge in [-0.15, -0.1) is 11.8 Å². The van der Waals surface area contributed by atoms with Gasteiger partial charge in [0.15, 0.2) is 0 Å². The van der Waals surface area contributed by atoms with Crippen LogP contribution in [0.2, 0.25) is 0 Å². The highest BCUT2D eigenvalue weighted by atomic mass is 79.9. The molecular weight excluding hydrogens is 314 g/mol. The molecule has 0 radical (unpaired) electrons. The quantitative estimate of drug-likeness (QED) is 0.924. The number of thioether (sulfide) groups is 1. The van der Waals surface area contributed by atoms with E-state index in [4.69, 9.17) is 10.5 Å². The summed E-state index contributed by atoms with van der Waals surface area (Å²) in [5.74, 6) is -0.294. The summed E-state index contributed by atoms with van der Waals surface area (Å²) in [6, 6.07) is 7.74. The molecule has 0 aromatic heterocycles. The Morgan fingerprint density at radius 3 is 2.94 bits per heavy atom. The van der Waals surface area contributed by atoms with Gasteiger partial charge in [0, 0.05) is 16.3 Å². The largest absolute Gasteiger partial charge is 0.377 e. The van der Waals surface area contributed by atoms with Crippen LogP contribution in [0, 0.1) is 0 Å². The maximum atomic E-state index is 11.7. The summed E-state index contributed by atoms with van der Waals surface area (Å²) < 4.78 is 6.48. The third kappa shape index (κ3) is 3.28. The Labute approximate surface area is 120 Å². The van der Waals surface area contributed by atoms with Crippen LogP contribution in [0.25, 0.3) is 0 Å². The average molecular weight is 330 g/mol. The van der Waals surface area contributed by atoms with E-state index < -0.39 is 0 Å². The Bertz CT molecular complexity index is 441. The predicted molar refractivity (Wildman–Crippen MR) is 77.5 cm³/mol. The van der Waals surface area contributed by atoms with Gasteiger partial charge < -0.3 is 10.5 Å². The van der Waals surface area contributed by atoms with Crippen molar-refractivity contribution in [1.29, 1.82) is 0 Å². The van der Waals surface area contributed by atoms with E-state index in [0.717, 1.165) is 23.1 Å². The number of benzene rings is 1. The first-order valence-electron chi connectivity index (χ1n) is 5.90. The lowest BCUT2D eigenvalue weighted by Crippen LogP contribution is -2.23. The molecule has 0 aliphatic carbocycles. The lowest BCUT2D eigenvalue weighted by molar-refractivity contribution is -0.117. The number of nitrogens with two attached hydrogens (primary N) is 1. The molecule has 1 aliphatic rings. The van der Waals surface area contributed by atoms with E-state index in [1.165, 1.54) is 0 Å². The van der Waals surface area contributed by atoms with E-state index in [9.17, 15) is 4.79 Å². The van der Waals surface area contributed by atoms with Crippen molar-refractivity contribution < 1.29 is 9.53 Å². The average Bonchev–Trinajstić information content (AvgIpc) is 2.71. The lowest BCUT2D eigenvalue weighted by Gasteiger charge is -2.20. The highest BCUT2D eigenvalue weighted by molar-refractivity contribution is 9.10. The van der Waals surface area contributed by atoms with Crippen LogP contribution < -0.4 is 5.73 Å². The van der Waals surface area contributed by atoms with Gasteiger partial charge in [-0.2, -0.15) is 0 Å². The van der Waals surface area contributed by atoms with Crippen LogP contribution in [0.1, 0.15) is 24.2 Å². The first-order valence-corrected chi connectivity index (χ1v) is 7.63. The molecule has 3 nitrogen and oxygen atoms in total. The van der Waals surface area contributed by atoms with E-state index in [1.807, 2.05) is 31.2 Å². The Morgan fingerprint density at radius 2 is 2.39 bits per heavy atom. The molecule has 1 amide bonds. The highest BCUT2D eigenvalue weighted by Crippen LogP contribution is 2.38.